The number of nitriles is 4. The highest BCUT2D eigenvalue weighted by Gasteiger charge is 2.31. The Labute approximate surface area is 564 Å². The highest BCUT2D eigenvalue weighted by molar-refractivity contribution is 6.29. The van der Waals surface area contributed by atoms with Crippen LogP contribution in [-0.2, 0) is 0 Å². The Hall–Kier alpha value is -14.6. The maximum atomic E-state index is 11.6. The Morgan fingerprint density at radius 2 is 0.610 bits per heavy atom. The standard InChI is InChI=1S/C88H42N8O4/c89-43-47-40-51(46-92)81(73(41-47)93-65-22-7-1-17-61(65)77-68(93)36-32-57-53-14-4-10-25-74(53)97-85(57)77)94-66-23-8-2-18-62(66)79-69(94)39-35-60-56-21-13-20-52(84(56)100-88(60)79)48-30-31-64-72(42-48)96(71-38-34-59-55-16-6-12-27-76(55)99-87(59)80(64)71)83-50(45-91)29-28-49(44-90)82(83)95-67-24-9-3-19-63(67)78-70(95)37-33-58-54-15-5-11-26-75(54)98-86(58)78/h1-42H. The lowest BCUT2D eigenvalue weighted by molar-refractivity contribution is 0.672. The van der Waals surface area contributed by atoms with Crippen LogP contribution in [0.4, 0.5) is 0 Å². The van der Waals surface area contributed by atoms with E-state index in [4.69, 9.17) is 17.7 Å². The molecular formula is C88H42N8O4. The van der Waals surface area contributed by atoms with Crippen molar-refractivity contribution in [3.8, 4) is 58.2 Å². The van der Waals surface area contributed by atoms with Crippen LogP contribution in [-0.4, -0.2) is 18.3 Å². The van der Waals surface area contributed by atoms with Crippen molar-refractivity contribution in [1.82, 2.24) is 18.3 Å². The highest BCUT2D eigenvalue weighted by atomic mass is 16.3. The zero-order valence-corrected chi connectivity index (χ0v) is 52.5. The van der Waals surface area contributed by atoms with Crippen molar-refractivity contribution >= 4 is 175 Å². The quantitative estimate of drug-likeness (QED) is 0.164. The summed E-state index contributed by atoms with van der Waals surface area (Å²) in [6.07, 6.45) is 0. The van der Waals surface area contributed by atoms with Crippen molar-refractivity contribution in [2.75, 3.05) is 0 Å². The molecule has 8 heterocycles. The van der Waals surface area contributed by atoms with Gasteiger partial charge in [0.15, 0.2) is 0 Å². The number of hydrogen-bond donors (Lipinski definition) is 0. The lowest BCUT2D eigenvalue weighted by atomic mass is 10.00. The van der Waals surface area contributed by atoms with Gasteiger partial charge in [0.25, 0.3) is 0 Å². The summed E-state index contributed by atoms with van der Waals surface area (Å²) in [6.45, 7) is 0. The molecule has 22 rings (SSSR count). The molecule has 8 aromatic heterocycles. The molecule has 0 radical (unpaired) electrons. The van der Waals surface area contributed by atoms with Crippen molar-refractivity contribution in [1.29, 1.82) is 21.0 Å². The number of hydrogen-bond acceptors (Lipinski definition) is 8. The van der Waals surface area contributed by atoms with E-state index in [1.807, 2.05) is 97.1 Å². The Morgan fingerprint density at radius 1 is 0.240 bits per heavy atom. The van der Waals surface area contributed by atoms with Gasteiger partial charge in [0.1, 0.15) is 62.9 Å². The van der Waals surface area contributed by atoms with E-state index in [1.165, 1.54) is 0 Å². The van der Waals surface area contributed by atoms with Crippen LogP contribution < -0.4 is 0 Å². The largest absolute Gasteiger partial charge is 0.455 e. The van der Waals surface area contributed by atoms with Gasteiger partial charge >= 0.3 is 0 Å². The molecule has 14 aromatic carbocycles. The zero-order chi connectivity index (χ0) is 65.9. The molecule has 22 aromatic rings. The monoisotopic (exact) mass is 1270 g/mol. The lowest BCUT2D eigenvalue weighted by Gasteiger charge is -2.19. The molecule has 12 nitrogen and oxygen atoms in total. The van der Waals surface area contributed by atoms with Crippen LogP contribution in [0.2, 0.25) is 0 Å². The number of fused-ring (bicyclic) bond motifs is 28. The molecule has 0 bridgehead atoms. The topological polar surface area (TPSA) is 167 Å². The average Bonchev–Trinajstić information content (AvgIpc) is 1.55. The van der Waals surface area contributed by atoms with E-state index in [1.54, 1.807) is 18.2 Å². The van der Waals surface area contributed by atoms with E-state index < -0.39 is 0 Å². The molecular weight excluding hydrogens is 1230 g/mol. The van der Waals surface area contributed by atoms with Crippen LogP contribution in [0, 0.1) is 45.3 Å². The van der Waals surface area contributed by atoms with Crippen LogP contribution in [0.5, 0.6) is 0 Å². The first-order chi connectivity index (χ1) is 49.5. The molecule has 0 atom stereocenters. The number of benzene rings is 14. The van der Waals surface area contributed by atoms with Gasteiger partial charge in [0.2, 0.25) is 0 Å². The van der Waals surface area contributed by atoms with Gasteiger partial charge < -0.3 is 35.9 Å². The van der Waals surface area contributed by atoms with Gasteiger partial charge in [-0.25, -0.2) is 0 Å². The van der Waals surface area contributed by atoms with Gasteiger partial charge in [-0.2, -0.15) is 21.0 Å². The fourth-order valence-electron chi connectivity index (χ4n) is 16.8. The molecule has 0 amide bonds. The van der Waals surface area contributed by atoms with Crippen LogP contribution in [0.3, 0.4) is 0 Å². The fourth-order valence-corrected chi connectivity index (χ4v) is 16.8. The molecule has 458 valence electrons. The molecule has 0 saturated carbocycles. The second-order valence-corrected chi connectivity index (χ2v) is 25.7. The number of rotatable bonds is 5. The predicted molar refractivity (Wildman–Crippen MR) is 397 cm³/mol. The first-order valence-electron chi connectivity index (χ1n) is 32.9. The van der Waals surface area contributed by atoms with E-state index in [0.29, 0.717) is 61.8 Å². The molecule has 0 aliphatic carbocycles. The minimum Gasteiger partial charge on any atom is -0.455 e. The van der Waals surface area contributed by atoms with Crippen molar-refractivity contribution in [3.63, 3.8) is 0 Å². The minimum atomic E-state index is 0.320. The molecule has 0 aliphatic heterocycles. The lowest BCUT2D eigenvalue weighted by Crippen LogP contribution is -2.08. The van der Waals surface area contributed by atoms with Crippen LogP contribution in [0.1, 0.15) is 22.3 Å². The first kappa shape index (κ1) is 53.8. The molecule has 0 N–H and O–H groups in total. The van der Waals surface area contributed by atoms with Crippen LogP contribution >= 0.6 is 0 Å². The summed E-state index contributed by atoms with van der Waals surface area (Å²) >= 11 is 0. The van der Waals surface area contributed by atoms with E-state index in [0.717, 1.165) is 169 Å². The molecule has 0 aliphatic rings. The van der Waals surface area contributed by atoms with Crippen molar-refractivity contribution in [3.05, 3.63) is 277 Å². The SMILES string of the molecule is N#Cc1cc(C#N)c(-n2c3ccccc3c3c4oc5c(-c6ccc7c8c9oc%10ccccc%10c9ccc8n(-c8c(C#N)ccc(C#N)c8-n8c9ccccc9c9c%10oc%11ccccc%11c%10ccc98)c7c6)cccc5c4ccc32)c(-n2c3ccccc3c3c4oc5ccccc5c4ccc32)c1. The summed E-state index contributed by atoms with van der Waals surface area (Å²) in [4.78, 5) is 0. The summed E-state index contributed by atoms with van der Waals surface area (Å²) in [5, 5.41) is 60.2. The van der Waals surface area contributed by atoms with Crippen molar-refractivity contribution in [2.24, 2.45) is 0 Å². The third kappa shape index (κ3) is 6.86. The van der Waals surface area contributed by atoms with Crippen LogP contribution in [0.25, 0.3) is 209 Å². The minimum absolute atomic E-state index is 0.320. The zero-order valence-electron chi connectivity index (χ0n) is 52.5. The molecule has 100 heavy (non-hydrogen) atoms. The van der Waals surface area contributed by atoms with Crippen molar-refractivity contribution < 1.29 is 17.7 Å². The third-order valence-electron chi connectivity index (χ3n) is 20.9. The fraction of sp³-hybridized carbons (Fsp3) is 0. The summed E-state index contributed by atoms with van der Waals surface area (Å²) in [6, 6.07) is 95.5. The number of nitrogens with zero attached hydrogens (tertiary/aromatic N) is 8. The Bertz CT molecular complexity index is 7730. The van der Waals surface area contributed by atoms with Gasteiger partial charge in [0.05, 0.1) is 117 Å². The average molecular weight is 1280 g/mol. The van der Waals surface area contributed by atoms with E-state index in [9.17, 15) is 21.0 Å². The second-order valence-electron chi connectivity index (χ2n) is 25.7. The van der Waals surface area contributed by atoms with E-state index in [-0.39, 0.29) is 0 Å². The van der Waals surface area contributed by atoms with Crippen LogP contribution in [0.15, 0.2) is 272 Å². The summed E-state index contributed by atoms with van der Waals surface area (Å²) in [5.74, 6) is 0. The third-order valence-corrected chi connectivity index (χ3v) is 20.9. The Morgan fingerprint density at radius 3 is 1.09 bits per heavy atom. The maximum Gasteiger partial charge on any atom is 0.145 e. The Kier molecular flexibility index (Phi) is 10.5. The summed E-state index contributed by atoms with van der Waals surface area (Å²) < 4.78 is 36.5. The van der Waals surface area contributed by atoms with Crippen molar-refractivity contribution in [2.45, 2.75) is 0 Å². The normalized spacial score (nSPS) is 12.2. The summed E-state index contributed by atoms with van der Waals surface area (Å²) in [5.41, 5.74) is 17.8. The Balaban J connectivity index is 0.800. The maximum absolute atomic E-state index is 11.6. The van der Waals surface area contributed by atoms with E-state index >= 15 is 0 Å². The number of furan rings is 4. The second kappa shape index (κ2) is 19.5. The molecule has 0 spiro atoms. The smallest absolute Gasteiger partial charge is 0.145 e. The molecule has 0 saturated heterocycles. The molecule has 12 heteroatoms. The van der Waals surface area contributed by atoms with Gasteiger partial charge in [-0.15, -0.1) is 0 Å². The van der Waals surface area contributed by atoms with E-state index in [2.05, 4.69) is 182 Å². The molecule has 0 unspecified atom stereocenters. The van der Waals surface area contributed by atoms with Gasteiger partial charge in [-0.3, -0.25) is 0 Å². The number of aromatic nitrogens is 4. The van der Waals surface area contributed by atoms with Gasteiger partial charge in [-0.05, 0) is 121 Å². The first-order valence-corrected chi connectivity index (χ1v) is 32.9. The molecule has 0 fully saturated rings. The van der Waals surface area contributed by atoms with Gasteiger partial charge in [-0.1, -0.05) is 140 Å². The predicted octanol–water partition coefficient (Wildman–Crippen LogP) is 22.8. The highest BCUT2D eigenvalue weighted by Crippen LogP contribution is 2.50. The summed E-state index contributed by atoms with van der Waals surface area (Å²) in [7, 11) is 0. The van der Waals surface area contributed by atoms with Gasteiger partial charge in [0, 0.05) is 70.2 Å². The number of para-hydroxylation sites is 7.